The highest BCUT2D eigenvalue weighted by atomic mass is 35.5. The van der Waals surface area contributed by atoms with E-state index in [1.807, 2.05) is 0 Å². The first-order valence-corrected chi connectivity index (χ1v) is 5.23. The van der Waals surface area contributed by atoms with Gasteiger partial charge in [0.25, 0.3) is 5.95 Å². The molecule has 1 aromatic rings. The molecular formula is C10H12ClF2N3O2. The van der Waals surface area contributed by atoms with Gasteiger partial charge in [0.15, 0.2) is 5.82 Å². The number of aliphatic carboxylic acids is 1. The molecule has 18 heavy (non-hydrogen) atoms. The lowest BCUT2D eigenvalue weighted by atomic mass is 9.97. The van der Waals surface area contributed by atoms with E-state index in [9.17, 15) is 13.6 Å². The highest BCUT2D eigenvalue weighted by molar-refractivity contribution is 5.85. The molecule has 100 valence electrons. The molecule has 0 amide bonds. The molecule has 0 atom stereocenters. The van der Waals surface area contributed by atoms with Crippen LogP contribution >= 0.6 is 12.4 Å². The zero-order valence-electron chi connectivity index (χ0n) is 9.34. The molecule has 1 aliphatic rings. The van der Waals surface area contributed by atoms with Crippen molar-refractivity contribution in [3.8, 4) is 0 Å². The first-order valence-electron chi connectivity index (χ1n) is 5.23. The predicted molar refractivity (Wildman–Crippen MR) is 61.8 cm³/mol. The van der Waals surface area contributed by atoms with Gasteiger partial charge in [-0.2, -0.15) is 9.37 Å². The van der Waals surface area contributed by atoms with E-state index < -0.39 is 17.7 Å². The zero-order chi connectivity index (χ0) is 12.4. The Kier molecular flexibility index (Phi) is 4.77. The smallest absolute Gasteiger partial charge is 0.306 e. The average Bonchev–Trinajstić information content (AvgIpc) is 2.33. The molecule has 0 bridgehead atoms. The summed E-state index contributed by atoms with van der Waals surface area (Å²) in [6, 6.07) is 0. The van der Waals surface area contributed by atoms with Crippen molar-refractivity contribution < 1.29 is 18.7 Å². The van der Waals surface area contributed by atoms with Gasteiger partial charge in [0, 0.05) is 13.1 Å². The molecule has 1 saturated heterocycles. The van der Waals surface area contributed by atoms with Gasteiger partial charge in [-0.05, 0) is 12.8 Å². The Balaban J connectivity index is 0.00000162. The number of hydrogen-bond acceptors (Lipinski definition) is 4. The number of aromatic nitrogens is 2. The van der Waals surface area contributed by atoms with Crippen molar-refractivity contribution in [1.29, 1.82) is 0 Å². The van der Waals surface area contributed by atoms with Gasteiger partial charge < -0.3 is 10.0 Å². The number of rotatable bonds is 2. The summed E-state index contributed by atoms with van der Waals surface area (Å²) in [5.74, 6) is -3.37. The van der Waals surface area contributed by atoms with Crippen molar-refractivity contribution in [1.82, 2.24) is 9.97 Å². The second-order valence-electron chi connectivity index (χ2n) is 3.91. The minimum atomic E-state index is -1.18. The summed E-state index contributed by atoms with van der Waals surface area (Å²) < 4.78 is 25.5. The lowest BCUT2D eigenvalue weighted by molar-refractivity contribution is -0.142. The van der Waals surface area contributed by atoms with Crippen LogP contribution in [0.25, 0.3) is 0 Å². The summed E-state index contributed by atoms with van der Waals surface area (Å²) in [5, 5.41) is 8.82. The minimum Gasteiger partial charge on any atom is -0.481 e. The van der Waals surface area contributed by atoms with Gasteiger partial charge in [-0.1, -0.05) is 0 Å². The third-order valence-electron chi connectivity index (χ3n) is 2.82. The third kappa shape index (κ3) is 3.04. The van der Waals surface area contributed by atoms with Crippen LogP contribution < -0.4 is 4.90 Å². The first kappa shape index (κ1) is 14.6. The fourth-order valence-electron chi connectivity index (χ4n) is 1.82. The molecule has 0 aliphatic carbocycles. The molecule has 1 fully saturated rings. The Hall–Kier alpha value is -1.50. The van der Waals surface area contributed by atoms with Crippen molar-refractivity contribution in [2.24, 2.45) is 5.92 Å². The molecule has 0 aromatic carbocycles. The van der Waals surface area contributed by atoms with E-state index in [0.29, 0.717) is 25.9 Å². The van der Waals surface area contributed by atoms with E-state index in [4.69, 9.17) is 5.11 Å². The number of halogens is 3. The number of hydrogen-bond donors (Lipinski definition) is 1. The Morgan fingerprint density at radius 3 is 2.50 bits per heavy atom. The number of piperidine rings is 1. The Bertz CT molecular complexity index is 439. The number of anilines is 1. The summed E-state index contributed by atoms with van der Waals surface area (Å²) in [7, 11) is 0. The number of nitrogens with zero attached hydrogens (tertiary/aromatic N) is 3. The van der Waals surface area contributed by atoms with E-state index in [2.05, 4.69) is 9.97 Å². The Morgan fingerprint density at radius 2 is 2.00 bits per heavy atom. The van der Waals surface area contributed by atoms with Crippen LogP contribution in [-0.2, 0) is 4.79 Å². The monoisotopic (exact) mass is 279 g/mol. The van der Waals surface area contributed by atoms with Gasteiger partial charge in [0.05, 0.1) is 12.1 Å². The SMILES string of the molecule is Cl.O=C(O)C1CCN(c2ncc(F)c(F)n2)CC1. The fraction of sp³-hybridized carbons (Fsp3) is 0.500. The number of carboxylic acid groups (broad SMARTS) is 1. The van der Waals surface area contributed by atoms with Crippen LogP contribution in [0.3, 0.4) is 0 Å². The van der Waals surface area contributed by atoms with Crippen LogP contribution in [0.15, 0.2) is 6.20 Å². The fourth-order valence-corrected chi connectivity index (χ4v) is 1.82. The molecular weight excluding hydrogens is 268 g/mol. The third-order valence-corrected chi connectivity index (χ3v) is 2.82. The molecule has 1 aliphatic heterocycles. The Labute approximate surface area is 108 Å². The lowest BCUT2D eigenvalue weighted by Gasteiger charge is -2.29. The van der Waals surface area contributed by atoms with Gasteiger partial charge in [0.1, 0.15) is 0 Å². The molecule has 8 heteroatoms. The van der Waals surface area contributed by atoms with Crippen molar-refractivity contribution >= 4 is 24.3 Å². The van der Waals surface area contributed by atoms with E-state index in [1.165, 1.54) is 0 Å². The standard InChI is InChI=1S/C10H11F2N3O2.ClH/c11-7-5-13-10(14-8(7)12)15-3-1-6(2-4-15)9(16)17;/h5-6H,1-4H2,(H,16,17);1H. The van der Waals surface area contributed by atoms with Crippen molar-refractivity contribution in [3.05, 3.63) is 18.0 Å². The quantitative estimate of drug-likeness (QED) is 0.831. The molecule has 2 rings (SSSR count). The highest BCUT2D eigenvalue weighted by Gasteiger charge is 2.26. The summed E-state index contributed by atoms with van der Waals surface area (Å²) in [6.07, 6.45) is 1.69. The molecule has 0 saturated carbocycles. The predicted octanol–water partition coefficient (Wildman–Crippen LogP) is 1.48. The molecule has 2 heterocycles. The van der Waals surface area contributed by atoms with Crippen LogP contribution in [0.1, 0.15) is 12.8 Å². The number of carboxylic acids is 1. The second kappa shape index (κ2) is 5.90. The van der Waals surface area contributed by atoms with Crippen molar-refractivity contribution in [3.63, 3.8) is 0 Å². The summed E-state index contributed by atoms with van der Waals surface area (Å²) in [5.41, 5.74) is 0. The van der Waals surface area contributed by atoms with Gasteiger partial charge in [0.2, 0.25) is 5.95 Å². The maximum Gasteiger partial charge on any atom is 0.306 e. The molecule has 0 unspecified atom stereocenters. The van der Waals surface area contributed by atoms with Gasteiger partial charge in [-0.15, -0.1) is 12.4 Å². The normalized spacial score (nSPS) is 16.2. The second-order valence-corrected chi connectivity index (χ2v) is 3.91. The average molecular weight is 280 g/mol. The molecule has 1 aromatic heterocycles. The largest absolute Gasteiger partial charge is 0.481 e. The highest BCUT2D eigenvalue weighted by Crippen LogP contribution is 2.20. The molecule has 0 spiro atoms. The van der Waals surface area contributed by atoms with Crippen LogP contribution in [-0.4, -0.2) is 34.1 Å². The molecule has 0 radical (unpaired) electrons. The van der Waals surface area contributed by atoms with Crippen LogP contribution in [0.5, 0.6) is 0 Å². The summed E-state index contributed by atoms with van der Waals surface area (Å²) in [4.78, 5) is 19.5. The van der Waals surface area contributed by atoms with Crippen LogP contribution in [0, 0.1) is 17.7 Å². The van der Waals surface area contributed by atoms with Crippen LogP contribution in [0.2, 0.25) is 0 Å². The van der Waals surface area contributed by atoms with E-state index in [0.717, 1.165) is 6.20 Å². The van der Waals surface area contributed by atoms with Crippen molar-refractivity contribution in [2.75, 3.05) is 18.0 Å². The molecule has 5 nitrogen and oxygen atoms in total. The van der Waals surface area contributed by atoms with Crippen molar-refractivity contribution in [2.45, 2.75) is 12.8 Å². The Morgan fingerprint density at radius 1 is 1.39 bits per heavy atom. The topological polar surface area (TPSA) is 66.3 Å². The zero-order valence-corrected chi connectivity index (χ0v) is 10.2. The maximum atomic E-state index is 12.9. The minimum absolute atomic E-state index is 0. The maximum absolute atomic E-state index is 12.9. The first-order chi connectivity index (χ1) is 8.08. The van der Waals surface area contributed by atoms with Gasteiger partial charge in [-0.25, -0.2) is 9.37 Å². The van der Waals surface area contributed by atoms with Gasteiger partial charge >= 0.3 is 5.97 Å². The van der Waals surface area contributed by atoms with E-state index >= 15 is 0 Å². The summed E-state index contributed by atoms with van der Waals surface area (Å²) >= 11 is 0. The molecule has 1 N–H and O–H groups in total. The van der Waals surface area contributed by atoms with Crippen LogP contribution in [0.4, 0.5) is 14.7 Å². The lowest BCUT2D eigenvalue weighted by Crippen LogP contribution is -2.37. The van der Waals surface area contributed by atoms with E-state index in [1.54, 1.807) is 4.90 Å². The number of carbonyl (C=O) groups is 1. The van der Waals surface area contributed by atoms with Gasteiger partial charge in [-0.3, -0.25) is 4.79 Å². The summed E-state index contributed by atoms with van der Waals surface area (Å²) in [6.45, 7) is 0.865. The van der Waals surface area contributed by atoms with E-state index in [-0.39, 0.29) is 24.3 Å².